The van der Waals surface area contributed by atoms with E-state index in [-0.39, 0.29) is 21.1 Å². The minimum absolute atomic E-state index is 0. The Labute approximate surface area is 241 Å². The molecule has 0 spiro atoms. The largest absolute Gasteiger partial charge is 0.509 e. The third-order valence-electron chi connectivity index (χ3n) is 6.55. The Morgan fingerprint density at radius 1 is 0.744 bits per heavy atom. The van der Waals surface area contributed by atoms with E-state index in [4.69, 9.17) is 4.74 Å². The van der Waals surface area contributed by atoms with Crippen LogP contribution in [0.3, 0.4) is 0 Å². The van der Waals surface area contributed by atoms with Crippen LogP contribution in [0.1, 0.15) is 5.69 Å². The van der Waals surface area contributed by atoms with Gasteiger partial charge in [0, 0.05) is 56.2 Å². The molecule has 6 nitrogen and oxygen atoms in total. The number of benzene rings is 3. The Hall–Kier alpha value is -4.41. The van der Waals surface area contributed by atoms with Gasteiger partial charge >= 0.3 is 0 Å². The number of rotatable bonds is 5. The van der Waals surface area contributed by atoms with Gasteiger partial charge in [-0.2, -0.15) is 18.8 Å². The maximum atomic E-state index is 6.28. The van der Waals surface area contributed by atoms with Gasteiger partial charge in [0.15, 0.2) is 0 Å². The molecule has 4 heterocycles. The number of hydrogen-bond donors (Lipinski definition) is 0. The molecule has 1 aliphatic rings. The fourth-order valence-corrected chi connectivity index (χ4v) is 4.82. The third kappa shape index (κ3) is 4.58. The number of ether oxygens (including phenoxy) is 1. The van der Waals surface area contributed by atoms with Crippen LogP contribution in [0.25, 0.3) is 33.3 Å². The maximum absolute atomic E-state index is 6.28. The van der Waals surface area contributed by atoms with Crippen LogP contribution in [0.5, 0.6) is 11.5 Å². The van der Waals surface area contributed by atoms with E-state index in [1.807, 2.05) is 96.4 Å². The minimum atomic E-state index is 0. The van der Waals surface area contributed by atoms with Crippen molar-refractivity contribution >= 4 is 33.2 Å². The summed E-state index contributed by atoms with van der Waals surface area (Å²) in [4.78, 5) is 13.1. The van der Waals surface area contributed by atoms with E-state index in [2.05, 4.69) is 50.9 Å². The first-order chi connectivity index (χ1) is 18.7. The number of pyridine rings is 2. The molecule has 7 rings (SSSR count). The average Bonchev–Trinajstić information content (AvgIpc) is 3.52. The average molecular weight is 688 g/mol. The standard InChI is InChI=1S/C32H22N5O.Pt/c1-35-22-36(21-31(35)28-12-4-6-17-33-28)23-9-8-10-24(19-23)38-25-15-16-27-26-11-2-3-13-29(26)37(30(27)20-25)32-14-5-7-18-34-32;/h2-18,21-22H,1H3;/q-3;. The first-order valence-corrected chi connectivity index (χ1v) is 12.3. The quantitative estimate of drug-likeness (QED) is 0.186. The molecule has 0 amide bonds. The predicted octanol–water partition coefficient (Wildman–Crippen LogP) is 6.83. The molecule has 0 atom stereocenters. The molecule has 0 N–H and O–H groups in total. The minimum Gasteiger partial charge on any atom is -0.509 e. The number of hydrogen-bond acceptors (Lipinski definition) is 5. The van der Waals surface area contributed by atoms with E-state index in [0.717, 1.165) is 44.7 Å². The monoisotopic (exact) mass is 687 g/mol. The second-order valence-electron chi connectivity index (χ2n) is 8.99. The molecular weight excluding hydrogens is 665 g/mol. The van der Waals surface area contributed by atoms with Crippen LogP contribution in [-0.4, -0.2) is 26.5 Å². The van der Waals surface area contributed by atoms with Gasteiger partial charge in [-0.1, -0.05) is 35.8 Å². The van der Waals surface area contributed by atoms with Crippen LogP contribution in [-0.2, 0) is 21.1 Å². The maximum Gasteiger partial charge on any atom is 0.135 e. The smallest absolute Gasteiger partial charge is 0.135 e. The molecule has 0 unspecified atom stereocenters. The summed E-state index contributed by atoms with van der Waals surface area (Å²) in [6.45, 7) is 2.00. The van der Waals surface area contributed by atoms with Crippen molar-refractivity contribution in [3.05, 3.63) is 134 Å². The van der Waals surface area contributed by atoms with Gasteiger partial charge in [-0.3, -0.25) is 4.98 Å². The van der Waals surface area contributed by atoms with Crippen molar-refractivity contribution in [1.29, 1.82) is 0 Å². The van der Waals surface area contributed by atoms with Gasteiger partial charge in [-0.25, -0.2) is 4.98 Å². The van der Waals surface area contributed by atoms with E-state index in [1.54, 1.807) is 12.4 Å². The summed E-state index contributed by atoms with van der Waals surface area (Å²) in [5.74, 6) is 2.05. The van der Waals surface area contributed by atoms with Crippen LogP contribution in [0, 0.1) is 18.8 Å². The van der Waals surface area contributed by atoms with E-state index in [1.165, 1.54) is 0 Å². The van der Waals surface area contributed by atoms with Gasteiger partial charge in [0.05, 0.1) is 5.69 Å². The Morgan fingerprint density at radius 2 is 1.54 bits per heavy atom. The van der Waals surface area contributed by atoms with E-state index in [0.29, 0.717) is 11.5 Å². The molecule has 0 aliphatic carbocycles. The van der Waals surface area contributed by atoms with Crippen molar-refractivity contribution in [1.82, 2.24) is 19.4 Å². The normalized spacial score (nSPS) is 13.0. The number of para-hydroxylation sites is 1. The molecule has 0 bridgehead atoms. The van der Waals surface area contributed by atoms with Crippen molar-refractivity contribution in [2.45, 2.75) is 0 Å². The molecule has 7 heteroatoms. The Bertz CT molecular complexity index is 1800. The van der Waals surface area contributed by atoms with E-state index < -0.39 is 0 Å². The number of aromatic nitrogens is 3. The van der Waals surface area contributed by atoms with Crippen molar-refractivity contribution in [3.63, 3.8) is 0 Å². The Balaban J connectivity index is 0.00000277. The fraction of sp³-hybridized carbons (Fsp3) is 0.0312. The van der Waals surface area contributed by atoms with Gasteiger partial charge in [0.1, 0.15) is 5.82 Å². The van der Waals surface area contributed by atoms with Crippen molar-refractivity contribution in [3.8, 4) is 17.3 Å². The molecule has 194 valence electrons. The zero-order valence-corrected chi connectivity index (χ0v) is 23.2. The molecule has 3 aromatic carbocycles. The third-order valence-corrected chi connectivity index (χ3v) is 6.55. The number of nitrogens with zero attached hydrogens (tertiary/aromatic N) is 5. The van der Waals surface area contributed by atoms with Crippen LogP contribution >= 0.6 is 0 Å². The first-order valence-electron chi connectivity index (χ1n) is 12.3. The summed E-state index contributed by atoms with van der Waals surface area (Å²) in [6.07, 6.45) is 5.65. The van der Waals surface area contributed by atoms with Crippen molar-refractivity contribution in [2.24, 2.45) is 0 Å². The van der Waals surface area contributed by atoms with Crippen LogP contribution in [0.2, 0.25) is 0 Å². The second kappa shape index (κ2) is 10.4. The molecule has 0 saturated carbocycles. The van der Waals surface area contributed by atoms with Crippen molar-refractivity contribution < 1.29 is 25.8 Å². The molecular formula is C32H22N5OPt-3. The molecule has 1 aliphatic heterocycles. The van der Waals surface area contributed by atoms with Gasteiger partial charge in [0.25, 0.3) is 0 Å². The SMILES string of the molecule is CN1[CH-]N(c2[c-]c(Oc3[c-]c4c(cc3)c3ccccc3n4-c3ccccn3)ccc2)C=C1c1ccccn1.[Pt]. The molecule has 6 aromatic rings. The summed E-state index contributed by atoms with van der Waals surface area (Å²) in [6, 6.07) is 36.9. The Morgan fingerprint density at radius 3 is 2.36 bits per heavy atom. The topological polar surface area (TPSA) is 46.4 Å². The summed E-state index contributed by atoms with van der Waals surface area (Å²) in [5, 5.41) is 2.24. The summed E-state index contributed by atoms with van der Waals surface area (Å²) in [5.41, 5.74) is 4.77. The number of fused-ring (bicyclic) bond motifs is 3. The zero-order chi connectivity index (χ0) is 25.5. The van der Waals surface area contributed by atoms with E-state index >= 15 is 0 Å². The Kier molecular flexibility index (Phi) is 6.63. The van der Waals surface area contributed by atoms with Gasteiger partial charge in [-0.05, 0) is 49.0 Å². The van der Waals surface area contributed by atoms with Crippen LogP contribution in [0.15, 0.2) is 110 Å². The molecule has 3 aromatic heterocycles. The van der Waals surface area contributed by atoms with Crippen LogP contribution in [0.4, 0.5) is 5.69 Å². The van der Waals surface area contributed by atoms with Crippen molar-refractivity contribution in [2.75, 3.05) is 11.9 Å². The molecule has 0 fully saturated rings. The van der Waals surface area contributed by atoms with E-state index in [9.17, 15) is 0 Å². The van der Waals surface area contributed by atoms with Gasteiger partial charge < -0.3 is 19.1 Å². The summed E-state index contributed by atoms with van der Waals surface area (Å²) in [7, 11) is 2.01. The molecule has 39 heavy (non-hydrogen) atoms. The van der Waals surface area contributed by atoms with Gasteiger partial charge in [-0.15, -0.1) is 41.4 Å². The zero-order valence-electron chi connectivity index (χ0n) is 20.9. The fourth-order valence-electron chi connectivity index (χ4n) is 4.82. The molecule has 0 saturated heterocycles. The summed E-state index contributed by atoms with van der Waals surface area (Å²) >= 11 is 0. The second-order valence-corrected chi connectivity index (χ2v) is 8.99. The predicted molar refractivity (Wildman–Crippen MR) is 150 cm³/mol. The van der Waals surface area contributed by atoms with Crippen LogP contribution < -0.4 is 9.64 Å². The van der Waals surface area contributed by atoms with Gasteiger partial charge in [0.2, 0.25) is 0 Å². The summed E-state index contributed by atoms with van der Waals surface area (Å²) < 4.78 is 8.40. The number of anilines is 1. The first kappa shape index (κ1) is 24.9. The molecule has 0 radical (unpaired) electrons.